The molecular weight excluding hydrogens is 288 g/mol. The molecule has 2 rings (SSSR count). The number of carbonyl (C=O) groups is 1. The molecule has 0 radical (unpaired) electrons. The molecule has 0 fully saturated rings. The van der Waals surface area contributed by atoms with E-state index < -0.39 is 11.5 Å². The first-order valence-electron chi connectivity index (χ1n) is 4.97. The van der Waals surface area contributed by atoms with E-state index in [1.807, 2.05) is 0 Å². The Labute approximate surface area is 105 Å². The topological polar surface area (TPSA) is 72.0 Å². The molecule has 0 unspecified atom stereocenters. The van der Waals surface area contributed by atoms with Crippen molar-refractivity contribution in [3.05, 3.63) is 38.7 Å². The van der Waals surface area contributed by atoms with Gasteiger partial charge in [-0.2, -0.15) is 0 Å². The molecule has 2 aromatic heterocycles. The van der Waals surface area contributed by atoms with Crippen molar-refractivity contribution in [2.75, 3.05) is 6.61 Å². The normalized spacial score (nSPS) is 10.5. The number of fused-ring (bicyclic) bond motifs is 1. The average Bonchev–Trinajstić information content (AvgIpc) is 2.29. The predicted molar refractivity (Wildman–Crippen MR) is 66.0 cm³/mol. The van der Waals surface area contributed by atoms with Crippen molar-refractivity contribution in [3.8, 4) is 0 Å². The lowest BCUT2D eigenvalue weighted by atomic mass is 10.2. The van der Waals surface area contributed by atoms with E-state index >= 15 is 0 Å². The number of halogens is 1. The van der Waals surface area contributed by atoms with Crippen LogP contribution in [0.15, 0.2) is 27.6 Å². The van der Waals surface area contributed by atoms with Crippen LogP contribution in [0, 0.1) is 0 Å². The van der Waals surface area contributed by atoms with Gasteiger partial charge in [0.2, 0.25) is 0 Å². The minimum Gasteiger partial charge on any atom is -0.462 e. The summed E-state index contributed by atoms with van der Waals surface area (Å²) in [5.41, 5.74) is -0.0729. The van der Waals surface area contributed by atoms with Crippen LogP contribution in [0.2, 0.25) is 0 Å². The van der Waals surface area contributed by atoms with Crippen LogP contribution in [0.1, 0.15) is 17.3 Å². The molecule has 17 heavy (non-hydrogen) atoms. The van der Waals surface area contributed by atoms with Gasteiger partial charge in [0.25, 0.3) is 5.56 Å². The number of H-pyrrole nitrogens is 1. The summed E-state index contributed by atoms with van der Waals surface area (Å²) in [6.07, 6.45) is 1.57. The lowest BCUT2D eigenvalue weighted by Gasteiger charge is -2.02. The zero-order chi connectivity index (χ0) is 12.4. The summed E-state index contributed by atoms with van der Waals surface area (Å²) in [6.45, 7) is 1.92. The first kappa shape index (κ1) is 11.8. The molecule has 0 bridgehead atoms. The molecule has 0 saturated carbocycles. The molecular formula is C11H9BrN2O3. The van der Waals surface area contributed by atoms with E-state index in [9.17, 15) is 9.59 Å². The molecule has 0 aliphatic carbocycles. The van der Waals surface area contributed by atoms with Gasteiger partial charge in [-0.3, -0.25) is 4.79 Å². The van der Waals surface area contributed by atoms with E-state index in [1.165, 1.54) is 6.07 Å². The van der Waals surface area contributed by atoms with Gasteiger partial charge in [-0.1, -0.05) is 0 Å². The van der Waals surface area contributed by atoms with Crippen molar-refractivity contribution in [2.24, 2.45) is 0 Å². The molecule has 6 heteroatoms. The molecule has 0 saturated heterocycles. The van der Waals surface area contributed by atoms with Crippen LogP contribution < -0.4 is 5.56 Å². The van der Waals surface area contributed by atoms with Crippen LogP contribution in [0.25, 0.3) is 11.0 Å². The number of carbonyl (C=O) groups excluding carboxylic acids is 1. The second-order valence-corrected chi connectivity index (χ2v) is 4.24. The maximum Gasteiger partial charge on any atom is 0.343 e. The molecule has 0 spiro atoms. The number of pyridine rings is 2. The Kier molecular flexibility index (Phi) is 3.23. The van der Waals surface area contributed by atoms with Gasteiger partial charge >= 0.3 is 5.97 Å². The van der Waals surface area contributed by atoms with Gasteiger partial charge in [0, 0.05) is 16.1 Å². The molecule has 0 aromatic carbocycles. The second-order valence-electron chi connectivity index (χ2n) is 3.32. The SMILES string of the molecule is CCOC(=O)c1cc2cc(Br)cnc2[nH]c1=O. The van der Waals surface area contributed by atoms with E-state index in [0.29, 0.717) is 11.0 Å². The minimum atomic E-state index is -0.629. The van der Waals surface area contributed by atoms with Gasteiger partial charge in [0.1, 0.15) is 11.2 Å². The molecule has 1 N–H and O–H groups in total. The van der Waals surface area contributed by atoms with E-state index in [0.717, 1.165) is 4.47 Å². The molecule has 2 aromatic rings. The number of nitrogens with one attached hydrogen (secondary N) is 1. The van der Waals surface area contributed by atoms with Crippen LogP contribution in [0.3, 0.4) is 0 Å². The summed E-state index contributed by atoms with van der Waals surface area (Å²) in [4.78, 5) is 29.7. The quantitative estimate of drug-likeness (QED) is 0.859. The standard InChI is InChI=1S/C11H9BrN2O3/c1-2-17-11(16)8-4-6-3-7(12)5-13-9(6)14-10(8)15/h3-5H,2H2,1H3,(H,13,14,15). The Morgan fingerprint density at radius 2 is 2.29 bits per heavy atom. The van der Waals surface area contributed by atoms with Gasteiger partial charge in [-0.25, -0.2) is 9.78 Å². The predicted octanol–water partition coefficient (Wildman–Crippen LogP) is 1.86. The molecule has 0 atom stereocenters. The van der Waals surface area contributed by atoms with Crippen molar-refractivity contribution >= 4 is 32.9 Å². The first-order valence-corrected chi connectivity index (χ1v) is 5.77. The highest BCUT2D eigenvalue weighted by Crippen LogP contribution is 2.15. The lowest BCUT2D eigenvalue weighted by Crippen LogP contribution is -2.19. The van der Waals surface area contributed by atoms with Crippen molar-refractivity contribution in [3.63, 3.8) is 0 Å². The molecule has 0 aliphatic heterocycles. The van der Waals surface area contributed by atoms with Gasteiger partial charge in [0.15, 0.2) is 0 Å². The number of ether oxygens (including phenoxy) is 1. The molecule has 0 aliphatic rings. The summed E-state index contributed by atoms with van der Waals surface area (Å²) in [5.74, 6) is -0.629. The third kappa shape index (κ3) is 2.36. The van der Waals surface area contributed by atoms with Gasteiger partial charge in [0.05, 0.1) is 6.61 Å². The van der Waals surface area contributed by atoms with Crippen molar-refractivity contribution < 1.29 is 9.53 Å². The Morgan fingerprint density at radius 3 is 3.00 bits per heavy atom. The third-order valence-corrected chi connectivity index (χ3v) is 2.59. The van der Waals surface area contributed by atoms with Crippen LogP contribution >= 0.6 is 15.9 Å². The summed E-state index contributed by atoms with van der Waals surface area (Å²) in [7, 11) is 0. The summed E-state index contributed by atoms with van der Waals surface area (Å²) < 4.78 is 5.57. The smallest absolute Gasteiger partial charge is 0.343 e. The maximum absolute atomic E-state index is 11.6. The number of aromatic nitrogens is 2. The van der Waals surface area contributed by atoms with Crippen LogP contribution in [0.5, 0.6) is 0 Å². The van der Waals surface area contributed by atoms with Crippen LogP contribution in [0.4, 0.5) is 0 Å². The van der Waals surface area contributed by atoms with Gasteiger partial charge in [-0.15, -0.1) is 0 Å². The van der Waals surface area contributed by atoms with Crippen molar-refractivity contribution in [1.82, 2.24) is 9.97 Å². The lowest BCUT2D eigenvalue weighted by molar-refractivity contribution is 0.0524. The average molecular weight is 297 g/mol. The molecule has 2 heterocycles. The van der Waals surface area contributed by atoms with Crippen molar-refractivity contribution in [1.29, 1.82) is 0 Å². The molecule has 0 amide bonds. The number of esters is 1. The summed E-state index contributed by atoms with van der Waals surface area (Å²) in [6, 6.07) is 3.24. The van der Waals surface area contributed by atoms with Crippen LogP contribution in [-0.4, -0.2) is 22.5 Å². The molecule has 88 valence electrons. The number of hydrogen-bond donors (Lipinski definition) is 1. The Hall–Kier alpha value is -1.69. The first-order chi connectivity index (χ1) is 8.11. The fourth-order valence-corrected chi connectivity index (χ4v) is 1.77. The van der Waals surface area contributed by atoms with E-state index in [4.69, 9.17) is 4.74 Å². The largest absolute Gasteiger partial charge is 0.462 e. The summed E-state index contributed by atoms with van der Waals surface area (Å²) in [5, 5.41) is 0.669. The number of nitrogens with zero attached hydrogens (tertiary/aromatic N) is 1. The highest BCUT2D eigenvalue weighted by molar-refractivity contribution is 9.10. The number of rotatable bonds is 2. The van der Waals surface area contributed by atoms with Gasteiger partial charge < -0.3 is 9.72 Å². The number of aromatic amines is 1. The Bertz CT molecular complexity index is 636. The van der Waals surface area contributed by atoms with Crippen LogP contribution in [-0.2, 0) is 4.74 Å². The Balaban J connectivity index is 2.61. The monoisotopic (exact) mass is 296 g/mol. The highest BCUT2D eigenvalue weighted by atomic mass is 79.9. The zero-order valence-electron chi connectivity index (χ0n) is 8.99. The second kappa shape index (κ2) is 4.67. The van der Waals surface area contributed by atoms with E-state index in [1.54, 1.807) is 19.2 Å². The fourth-order valence-electron chi connectivity index (χ4n) is 1.43. The summed E-state index contributed by atoms with van der Waals surface area (Å²) >= 11 is 3.27. The van der Waals surface area contributed by atoms with E-state index in [-0.39, 0.29) is 12.2 Å². The number of hydrogen-bond acceptors (Lipinski definition) is 4. The maximum atomic E-state index is 11.6. The highest BCUT2D eigenvalue weighted by Gasteiger charge is 2.13. The van der Waals surface area contributed by atoms with Gasteiger partial charge in [-0.05, 0) is 35.0 Å². The fraction of sp³-hybridized carbons (Fsp3) is 0.182. The minimum absolute atomic E-state index is 0.0146. The zero-order valence-corrected chi connectivity index (χ0v) is 10.6. The third-order valence-electron chi connectivity index (χ3n) is 2.16. The Morgan fingerprint density at radius 1 is 1.53 bits per heavy atom. The molecule has 5 nitrogen and oxygen atoms in total. The van der Waals surface area contributed by atoms with E-state index in [2.05, 4.69) is 25.9 Å². The van der Waals surface area contributed by atoms with Crippen molar-refractivity contribution in [2.45, 2.75) is 6.92 Å².